The lowest BCUT2D eigenvalue weighted by molar-refractivity contribution is -0.384. The van der Waals surface area contributed by atoms with E-state index in [1.165, 1.54) is 31.4 Å². The first kappa shape index (κ1) is 21.7. The van der Waals surface area contributed by atoms with Crippen molar-refractivity contribution in [2.45, 2.75) is 25.7 Å². The summed E-state index contributed by atoms with van der Waals surface area (Å²) in [7, 11) is 1.48. The van der Waals surface area contributed by atoms with Crippen molar-refractivity contribution in [1.82, 2.24) is 14.9 Å². The minimum absolute atomic E-state index is 0.0289. The molecular weight excluding hydrogens is 425 g/mol. The number of alkyl halides is 3. The lowest BCUT2D eigenvalue weighted by Gasteiger charge is -2.28. The lowest BCUT2D eigenvalue weighted by Crippen LogP contribution is -2.31. The van der Waals surface area contributed by atoms with Crippen molar-refractivity contribution in [2.24, 2.45) is 0 Å². The van der Waals surface area contributed by atoms with E-state index in [4.69, 9.17) is 4.74 Å². The molecule has 0 aliphatic carbocycles. The number of hydrogen-bond acceptors (Lipinski definition) is 6. The van der Waals surface area contributed by atoms with E-state index >= 15 is 0 Å². The van der Waals surface area contributed by atoms with Crippen LogP contribution in [0.4, 0.5) is 18.9 Å². The molecular formula is C22H19F3N4O3. The summed E-state index contributed by atoms with van der Waals surface area (Å²) in [6.45, 7) is 1.83. The molecule has 4 rings (SSSR count). The smallest absolute Gasteiger partial charge is 0.416 e. The van der Waals surface area contributed by atoms with Crippen LogP contribution in [0.3, 0.4) is 0 Å². The van der Waals surface area contributed by atoms with Crippen molar-refractivity contribution < 1.29 is 22.8 Å². The molecule has 0 bridgehead atoms. The van der Waals surface area contributed by atoms with Gasteiger partial charge in [0.2, 0.25) is 0 Å². The zero-order valence-electron chi connectivity index (χ0n) is 17.1. The van der Waals surface area contributed by atoms with Gasteiger partial charge < -0.3 is 4.74 Å². The Kier molecular flexibility index (Phi) is 5.79. The quantitative estimate of drug-likeness (QED) is 0.421. The Bertz CT molecular complexity index is 1150. The molecule has 0 atom stereocenters. The van der Waals surface area contributed by atoms with Gasteiger partial charge in [0.1, 0.15) is 5.75 Å². The average molecular weight is 444 g/mol. The van der Waals surface area contributed by atoms with E-state index in [1.54, 1.807) is 12.3 Å². The SMILES string of the molecule is COc1cc([N+](=O)[O-])ccc1CN1CCc2nc(-c3ccc(C(F)(F)F)cc3)ncc2C1. The number of fused-ring (bicyclic) bond motifs is 1. The number of non-ortho nitro benzene ring substituents is 1. The molecule has 32 heavy (non-hydrogen) atoms. The van der Waals surface area contributed by atoms with E-state index in [2.05, 4.69) is 14.9 Å². The number of benzene rings is 2. The summed E-state index contributed by atoms with van der Waals surface area (Å²) in [4.78, 5) is 21.6. The highest BCUT2D eigenvalue weighted by Gasteiger charge is 2.30. The molecule has 2 heterocycles. The van der Waals surface area contributed by atoms with Crippen molar-refractivity contribution in [3.05, 3.63) is 81.2 Å². The maximum Gasteiger partial charge on any atom is 0.416 e. The number of methoxy groups -OCH3 is 1. The number of nitro groups is 1. The Morgan fingerprint density at radius 1 is 1.19 bits per heavy atom. The van der Waals surface area contributed by atoms with Crippen LogP contribution in [0.2, 0.25) is 0 Å². The van der Waals surface area contributed by atoms with E-state index in [1.807, 2.05) is 0 Å². The van der Waals surface area contributed by atoms with Crippen LogP contribution in [0.1, 0.15) is 22.4 Å². The zero-order chi connectivity index (χ0) is 22.9. The van der Waals surface area contributed by atoms with Crippen LogP contribution in [0.5, 0.6) is 5.75 Å². The summed E-state index contributed by atoms with van der Waals surface area (Å²) in [6.07, 6.45) is -2.03. The maximum atomic E-state index is 12.8. The number of rotatable bonds is 5. The van der Waals surface area contributed by atoms with Gasteiger partial charge in [0.25, 0.3) is 5.69 Å². The van der Waals surface area contributed by atoms with Crippen molar-refractivity contribution in [3.63, 3.8) is 0 Å². The Labute approximate surface area is 181 Å². The van der Waals surface area contributed by atoms with Crippen molar-refractivity contribution in [3.8, 4) is 17.1 Å². The predicted molar refractivity (Wildman–Crippen MR) is 110 cm³/mol. The number of nitro benzene ring substituents is 1. The van der Waals surface area contributed by atoms with Crippen LogP contribution in [0.15, 0.2) is 48.7 Å². The molecule has 1 aliphatic rings. The molecule has 10 heteroatoms. The molecule has 7 nitrogen and oxygen atoms in total. The van der Waals surface area contributed by atoms with Gasteiger partial charge in [0, 0.05) is 55.0 Å². The molecule has 0 spiro atoms. The van der Waals surface area contributed by atoms with Gasteiger partial charge >= 0.3 is 6.18 Å². The topological polar surface area (TPSA) is 81.4 Å². The van der Waals surface area contributed by atoms with Gasteiger partial charge in [-0.05, 0) is 18.2 Å². The van der Waals surface area contributed by atoms with Gasteiger partial charge in [-0.15, -0.1) is 0 Å². The van der Waals surface area contributed by atoms with Crippen LogP contribution >= 0.6 is 0 Å². The summed E-state index contributed by atoms with van der Waals surface area (Å²) in [5.74, 6) is 0.849. The van der Waals surface area contributed by atoms with Crippen LogP contribution in [-0.2, 0) is 25.7 Å². The molecule has 1 aliphatic heterocycles. The van der Waals surface area contributed by atoms with Crippen molar-refractivity contribution in [2.75, 3.05) is 13.7 Å². The number of hydrogen-bond donors (Lipinski definition) is 0. The normalized spacial score (nSPS) is 14.1. The van der Waals surface area contributed by atoms with Gasteiger partial charge in [0.15, 0.2) is 5.82 Å². The third-order valence-corrected chi connectivity index (χ3v) is 5.36. The van der Waals surface area contributed by atoms with Gasteiger partial charge in [0.05, 0.1) is 29.4 Å². The monoisotopic (exact) mass is 444 g/mol. The fourth-order valence-corrected chi connectivity index (χ4v) is 3.68. The molecule has 166 valence electrons. The molecule has 0 unspecified atom stereocenters. The van der Waals surface area contributed by atoms with Gasteiger partial charge in [-0.25, -0.2) is 9.97 Å². The van der Waals surface area contributed by atoms with E-state index in [0.29, 0.717) is 43.2 Å². The van der Waals surface area contributed by atoms with Crippen LogP contribution in [0, 0.1) is 10.1 Å². The van der Waals surface area contributed by atoms with Crippen molar-refractivity contribution in [1.29, 1.82) is 0 Å². The van der Waals surface area contributed by atoms with Gasteiger partial charge in [-0.3, -0.25) is 15.0 Å². The fraction of sp³-hybridized carbons (Fsp3) is 0.273. The number of ether oxygens (including phenoxy) is 1. The molecule has 3 aromatic rings. The summed E-state index contributed by atoms with van der Waals surface area (Å²) < 4.78 is 43.6. The Morgan fingerprint density at radius 2 is 1.94 bits per heavy atom. The zero-order valence-corrected chi connectivity index (χ0v) is 17.1. The Balaban J connectivity index is 1.49. The first-order valence-corrected chi connectivity index (χ1v) is 9.80. The maximum absolute atomic E-state index is 12.8. The van der Waals surface area contributed by atoms with Crippen LogP contribution in [-0.4, -0.2) is 33.4 Å². The molecule has 0 saturated carbocycles. The highest BCUT2D eigenvalue weighted by Crippen LogP contribution is 2.31. The molecule has 0 fully saturated rings. The first-order valence-electron chi connectivity index (χ1n) is 9.80. The lowest BCUT2D eigenvalue weighted by atomic mass is 10.0. The molecule has 0 N–H and O–H groups in total. The summed E-state index contributed by atoms with van der Waals surface area (Å²) in [6, 6.07) is 9.36. The third kappa shape index (κ3) is 4.54. The van der Waals surface area contributed by atoms with Crippen LogP contribution in [0.25, 0.3) is 11.4 Å². The first-order chi connectivity index (χ1) is 15.2. The summed E-state index contributed by atoms with van der Waals surface area (Å²) >= 11 is 0. The minimum atomic E-state index is -4.38. The predicted octanol–water partition coefficient (Wildman–Crippen LogP) is 4.64. The summed E-state index contributed by atoms with van der Waals surface area (Å²) in [5, 5.41) is 11.0. The van der Waals surface area contributed by atoms with E-state index in [-0.39, 0.29) is 5.69 Å². The van der Waals surface area contributed by atoms with Gasteiger partial charge in [-0.1, -0.05) is 12.1 Å². The highest BCUT2D eigenvalue weighted by molar-refractivity contribution is 5.56. The Morgan fingerprint density at radius 3 is 2.59 bits per heavy atom. The number of halogens is 3. The average Bonchev–Trinajstić information content (AvgIpc) is 2.78. The second-order valence-corrected chi connectivity index (χ2v) is 7.45. The minimum Gasteiger partial charge on any atom is -0.496 e. The van der Waals surface area contributed by atoms with E-state index < -0.39 is 16.7 Å². The fourth-order valence-electron chi connectivity index (χ4n) is 3.68. The van der Waals surface area contributed by atoms with Gasteiger partial charge in [-0.2, -0.15) is 13.2 Å². The van der Waals surface area contributed by atoms with Crippen molar-refractivity contribution >= 4 is 5.69 Å². The highest BCUT2D eigenvalue weighted by atomic mass is 19.4. The number of aromatic nitrogens is 2. The molecule has 0 radical (unpaired) electrons. The standard InChI is InChI=1S/C22H19F3N4O3/c1-32-20-10-18(29(30)31)7-4-15(20)12-28-9-8-19-16(13-28)11-26-21(27-19)14-2-5-17(6-3-14)22(23,24)25/h2-7,10-11H,8-9,12-13H2,1H3. The van der Waals surface area contributed by atoms with Crippen LogP contribution < -0.4 is 4.74 Å². The second-order valence-electron chi connectivity index (χ2n) is 7.45. The Hall–Kier alpha value is -3.53. The molecule has 1 aromatic heterocycles. The molecule has 0 amide bonds. The molecule has 0 saturated heterocycles. The number of nitrogens with zero attached hydrogens (tertiary/aromatic N) is 4. The summed E-state index contributed by atoms with van der Waals surface area (Å²) in [5.41, 5.74) is 2.42. The second kappa shape index (κ2) is 8.54. The largest absolute Gasteiger partial charge is 0.496 e. The third-order valence-electron chi connectivity index (χ3n) is 5.36. The van der Waals surface area contributed by atoms with E-state index in [0.717, 1.165) is 29.0 Å². The van der Waals surface area contributed by atoms with E-state index in [9.17, 15) is 23.3 Å². The molecule has 2 aromatic carbocycles.